The lowest BCUT2D eigenvalue weighted by Gasteiger charge is -2.27. The number of nitrogens with zero attached hydrogens (tertiary/aromatic N) is 1. The van der Waals surface area contributed by atoms with Crippen molar-refractivity contribution in [3.05, 3.63) is 47.2 Å². The van der Waals surface area contributed by atoms with Crippen LogP contribution in [0.5, 0.6) is 0 Å². The van der Waals surface area contributed by atoms with Crippen LogP contribution in [0.1, 0.15) is 36.3 Å². The lowest BCUT2D eigenvalue weighted by Crippen LogP contribution is -2.32. The van der Waals surface area contributed by atoms with Crippen LogP contribution in [0.2, 0.25) is 0 Å². The van der Waals surface area contributed by atoms with E-state index in [1.54, 1.807) is 0 Å². The number of rotatable bonds is 4. The molecule has 0 saturated carbocycles. The van der Waals surface area contributed by atoms with E-state index in [0.717, 1.165) is 19.5 Å². The molecule has 1 unspecified atom stereocenters. The summed E-state index contributed by atoms with van der Waals surface area (Å²) in [6, 6.07) is 8.80. The highest BCUT2D eigenvalue weighted by atomic mass is 35.5. The summed E-state index contributed by atoms with van der Waals surface area (Å²) in [6.07, 6.45) is 5.92. The van der Waals surface area contributed by atoms with Gasteiger partial charge < -0.3 is 9.47 Å². The summed E-state index contributed by atoms with van der Waals surface area (Å²) < 4.78 is 9.71. The quantitative estimate of drug-likeness (QED) is 0.781. The first kappa shape index (κ1) is 17.8. The number of carbonyl (C=O) groups excluding carboxylic acids is 1. The van der Waals surface area contributed by atoms with Crippen LogP contribution < -0.4 is 0 Å². The Morgan fingerprint density at radius 1 is 1.35 bits per heavy atom. The predicted octanol–water partition coefficient (Wildman–Crippen LogP) is 3.90. The molecular formula is C18H24ClNO3. The Bertz CT molecular complexity index is 573. The fourth-order valence-corrected chi connectivity index (χ4v) is 3.47. The number of fused-ring (bicyclic) bond motifs is 1. The Morgan fingerprint density at radius 2 is 2.17 bits per heavy atom. The number of halogens is 1. The third kappa shape index (κ3) is 4.49. The standard InChI is InChI=1S/C18H23NO3.ClH/c1-21-18(20)22-16-6-4-11-19(13-16)12-10-15-9-8-14-5-2-3-7-17(14)15;/h2-3,5-7,15H,4,8-13H2,1H3;1H. The van der Waals surface area contributed by atoms with Crippen molar-refractivity contribution in [2.24, 2.45) is 0 Å². The van der Waals surface area contributed by atoms with Crippen LogP contribution in [0.3, 0.4) is 0 Å². The highest BCUT2D eigenvalue weighted by Crippen LogP contribution is 2.35. The minimum absolute atomic E-state index is 0. The molecule has 1 atom stereocenters. The number of hydrogen-bond acceptors (Lipinski definition) is 4. The summed E-state index contributed by atoms with van der Waals surface area (Å²) in [4.78, 5) is 13.5. The summed E-state index contributed by atoms with van der Waals surface area (Å²) in [7, 11) is 1.33. The highest BCUT2D eigenvalue weighted by molar-refractivity contribution is 5.85. The fraction of sp³-hybridized carbons (Fsp3) is 0.500. The normalized spacial score (nSPS) is 20.2. The van der Waals surface area contributed by atoms with E-state index in [9.17, 15) is 4.79 Å². The predicted molar refractivity (Wildman–Crippen MR) is 92.0 cm³/mol. The van der Waals surface area contributed by atoms with Gasteiger partial charge in [0.2, 0.25) is 0 Å². The van der Waals surface area contributed by atoms with E-state index in [1.165, 1.54) is 37.5 Å². The van der Waals surface area contributed by atoms with Crippen LogP contribution in [0.15, 0.2) is 36.1 Å². The summed E-state index contributed by atoms with van der Waals surface area (Å²) >= 11 is 0. The monoisotopic (exact) mass is 337 g/mol. The molecule has 1 aromatic rings. The molecule has 0 N–H and O–H groups in total. The summed E-state index contributed by atoms with van der Waals surface area (Å²) in [6.45, 7) is 2.77. The largest absolute Gasteiger partial charge is 0.513 e. The Hall–Kier alpha value is -1.52. The van der Waals surface area contributed by atoms with Gasteiger partial charge in [0.1, 0.15) is 5.76 Å². The molecule has 0 aromatic heterocycles. The Morgan fingerprint density at radius 3 is 3.00 bits per heavy atom. The molecule has 0 bridgehead atoms. The van der Waals surface area contributed by atoms with Gasteiger partial charge in [-0.25, -0.2) is 4.79 Å². The van der Waals surface area contributed by atoms with Gasteiger partial charge in [-0.2, -0.15) is 0 Å². The van der Waals surface area contributed by atoms with Crippen molar-refractivity contribution in [3.8, 4) is 0 Å². The molecule has 126 valence electrons. The minimum atomic E-state index is -0.627. The molecule has 0 fully saturated rings. The molecule has 0 saturated heterocycles. The third-order valence-electron chi connectivity index (χ3n) is 4.63. The molecule has 0 radical (unpaired) electrons. The smallest absolute Gasteiger partial charge is 0.437 e. The van der Waals surface area contributed by atoms with E-state index in [4.69, 9.17) is 4.74 Å². The number of benzene rings is 1. The lowest BCUT2D eigenvalue weighted by molar-refractivity contribution is 0.0870. The van der Waals surface area contributed by atoms with Gasteiger partial charge in [-0.15, -0.1) is 12.4 Å². The van der Waals surface area contributed by atoms with Gasteiger partial charge in [0.05, 0.1) is 13.7 Å². The van der Waals surface area contributed by atoms with E-state index in [0.29, 0.717) is 18.2 Å². The summed E-state index contributed by atoms with van der Waals surface area (Å²) in [5.41, 5.74) is 3.04. The Labute approximate surface area is 143 Å². The number of ether oxygens (including phenoxy) is 2. The van der Waals surface area contributed by atoms with Gasteiger partial charge in [0, 0.05) is 6.54 Å². The average Bonchev–Trinajstić information content (AvgIpc) is 2.96. The van der Waals surface area contributed by atoms with E-state index in [-0.39, 0.29) is 12.4 Å². The van der Waals surface area contributed by atoms with Crippen molar-refractivity contribution in [2.75, 3.05) is 26.7 Å². The molecule has 1 aliphatic heterocycles. The summed E-state index contributed by atoms with van der Waals surface area (Å²) in [5, 5.41) is 0. The zero-order chi connectivity index (χ0) is 15.4. The molecular weight excluding hydrogens is 314 g/mol. The second-order valence-corrected chi connectivity index (χ2v) is 6.01. The van der Waals surface area contributed by atoms with Gasteiger partial charge in [-0.3, -0.25) is 4.90 Å². The SMILES string of the molecule is COC(=O)OC1=CCCN(CCC2CCc3ccccc32)C1.Cl. The average molecular weight is 338 g/mol. The molecule has 3 rings (SSSR count). The molecule has 4 nitrogen and oxygen atoms in total. The fourth-order valence-electron chi connectivity index (χ4n) is 3.47. The lowest BCUT2D eigenvalue weighted by atomic mass is 9.97. The van der Waals surface area contributed by atoms with Gasteiger partial charge in [-0.1, -0.05) is 24.3 Å². The van der Waals surface area contributed by atoms with Crippen molar-refractivity contribution >= 4 is 18.6 Å². The van der Waals surface area contributed by atoms with E-state index < -0.39 is 6.16 Å². The minimum Gasteiger partial charge on any atom is -0.437 e. The number of aryl methyl sites for hydroxylation is 1. The first-order valence-corrected chi connectivity index (χ1v) is 8.01. The molecule has 2 aliphatic rings. The Balaban J connectivity index is 0.00000192. The number of hydrogen-bond donors (Lipinski definition) is 0. The molecule has 0 spiro atoms. The molecule has 1 heterocycles. The van der Waals surface area contributed by atoms with Crippen LogP contribution >= 0.6 is 12.4 Å². The zero-order valence-corrected chi connectivity index (χ0v) is 14.3. The molecule has 0 amide bonds. The second-order valence-electron chi connectivity index (χ2n) is 6.01. The highest BCUT2D eigenvalue weighted by Gasteiger charge is 2.23. The van der Waals surface area contributed by atoms with Gasteiger partial charge in [-0.05, 0) is 55.3 Å². The van der Waals surface area contributed by atoms with E-state index >= 15 is 0 Å². The topological polar surface area (TPSA) is 38.8 Å². The van der Waals surface area contributed by atoms with Gasteiger partial charge in [0.25, 0.3) is 0 Å². The first-order chi connectivity index (χ1) is 10.8. The van der Waals surface area contributed by atoms with Crippen LogP contribution in [0.4, 0.5) is 4.79 Å². The van der Waals surface area contributed by atoms with Crippen molar-refractivity contribution in [1.82, 2.24) is 4.90 Å². The van der Waals surface area contributed by atoms with E-state index in [2.05, 4.69) is 33.9 Å². The zero-order valence-electron chi connectivity index (χ0n) is 13.5. The maximum absolute atomic E-state index is 11.2. The molecule has 5 heteroatoms. The molecule has 23 heavy (non-hydrogen) atoms. The van der Waals surface area contributed by atoms with Crippen LogP contribution in [0, 0.1) is 0 Å². The van der Waals surface area contributed by atoms with Crippen LogP contribution in [0.25, 0.3) is 0 Å². The number of carbonyl (C=O) groups is 1. The molecule has 1 aliphatic carbocycles. The van der Waals surface area contributed by atoms with Crippen LogP contribution in [-0.2, 0) is 15.9 Å². The van der Waals surface area contributed by atoms with E-state index in [1.807, 2.05) is 6.08 Å². The second kappa shape index (κ2) is 8.37. The Kier molecular flexibility index (Phi) is 6.48. The first-order valence-electron chi connectivity index (χ1n) is 8.01. The van der Waals surface area contributed by atoms with Crippen molar-refractivity contribution < 1.29 is 14.3 Å². The van der Waals surface area contributed by atoms with Gasteiger partial charge in [0.15, 0.2) is 0 Å². The summed E-state index contributed by atoms with van der Waals surface area (Å²) in [5.74, 6) is 1.39. The van der Waals surface area contributed by atoms with Crippen molar-refractivity contribution in [3.63, 3.8) is 0 Å². The van der Waals surface area contributed by atoms with Crippen molar-refractivity contribution in [2.45, 2.75) is 31.6 Å². The number of methoxy groups -OCH3 is 1. The van der Waals surface area contributed by atoms with Crippen molar-refractivity contribution in [1.29, 1.82) is 0 Å². The van der Waals surface area contributed by atoms with Crippen LogP contribution in [-0.4, -0.2) is 37.8 Å². The molecule has 1 aromatic carbocycles. The third-order valence-corrected chi connectivity index (χ3v) is 4.63. The van der Waals surface area contributed by atoms with Gasteiger partial charge >= 0.3 is 6.16 Å². The maximum atomic E-state index is 11.2. The maximum Gasteiger partial charge on any atom is 0.513 e.